The molecule has 0 radical (unpaired) electrons. The van der Waals surface area contributed by atoms with E-state index in [2.05, 4.69) is 20.4 Å². The van der Waals surface area contributed by atoms with E-state index < -0.39 is 0 Å². The Bertz CT molecular complexity index is 1040. The van der Waals surface area contributed by atoms with E-state index in [1.807, 2.05) is 50.5 Å². The summed E-state index contributed by atoms with van der Waals surface area (Å²) in [5.41, 5.74) is 3.51. The fraction of sp³-hybridized carbons (Fsp3) is 0.360. The summed E-state index contributed by atoms with van der Waals surface area (Å²) in [5.74, 6) is 0.522. The predicted molar refractivity (Wildman–Crippen MR) is 128 cm³/mol. The second kappa shape index (κ2) is 11.5. The summed E-state index contributed by atoms with van der Waals surface area (Å²) in [6.07, 6.45) is 1.52. The normalized spacial score (nSPS) is 11.9. The van der Waals surface area contributed by atoms with Crippen molar-refractivity contribution in [1.29, 1.82) is 0 Å². The minimum Gasteiger partial charge on any atom is -0.497 e. The number of aromatic nitrogens is 2. The van der Waals surface area contributed by atoms with Crippen LogP contribution in [0.2, 0.25) is 0 Å². The molecule has 176 valence electrons. The third-order valence-electron chi connectivity index (χ3n) is 5.61. The Morgan fingerprint density at radius 3 is 2.58 bits per heavy atom. The number of H-pyrrole nitrogens is 1. The topological polar surface area (TPSA) is 73.5 Å². The Morgan fingerprint density at radius 1 is 1.15 bits per heavy atom. The number of rotatable bonds is 10. The number of ether oxygens (including phenoxy) is 1. The fourth-order valence-electron chi connectivity index (χ4n) is 3.64. The highest BCUT2D eigenvalue weighted by Crippen LogP contribution is 2.21. The smallest absolute Gasteiger partial charge is 0.317 e. The van der Waals surface area contributed by atoms with Crippen LogP contribution in [-0.2, 0) is 6.42 Å². The van der Waals surface area contributed by atoms with E-state index in [-0.39, 0.29) is 17.9 Å². The lowest BCUT2D eigenvalue weighted by molar-refractivity contribution is 0.202. The van der Waals surface area contributed by atoms with E-state index >= 15 is 0 Å². The van der Waals surface area contributed by atoms with E-state index in [9.17, 15) is 9.18 Å². The fourth-order valence-corrected chi connectivity index (χ4v) is 3.64. The van der Waals surface area contributed by atoms with Crippen molar-refractivity contribution in [2.45, 2.75) is 18.9 Å². The number of methoxy groups -OCH3 is 1. The van der Waals surface area contributed by atoms with Crippen molar-refractivity contribution in [3.63, 3.8) is 0 Å². The van der Waals surface area contributed by atoms with Crippen LogP contribution in [0.5, 0.6) is 5.75 Å². The van der Waals surface area contributed by atoms with Crippen LogP contribution in [0, 0.1) is 5.82 Å². The summed E-state index contributed by atoms with van der Waals surface area (Å²) >= 11 is 0. The van der Waals surface area contributed by atoms with Gasteiger partial charge in [0.05, 0.1) is 18.8 Å². The first kappa shape index (κ1) is 24.3. The van der Waals surface area contributed by atoms with Crippen molar-refractivity contribution in [3.05, 3.63) is 71.7 Å². The van der Waals surface area contributed by atoms with Gasteiger partial charge >= 0.3 is 6.03 Å². The molecule has 0 fully saturated rings. The number of nitrogens with one attached hydrogen (secondary N) is 2. The number of aromatic amines is 1. The predicted octanol–water partition coefficient (Wildman–Crippen LogP) is 4.10. The first-order valence-corrected chi connectivity index (χ1v) is 11.0. The molecule has 1 unspecified atom stereocenters. The number of likely N-dealkylation sites (N-methyl/N-ethyl adjacent to an activating group) is 1. The molecule has 2 amide bonds. The first-order valence-electron chi connectivity index (χ1n) is 11.0. The zero-order valence-electron chi connectivity index (χ0n) is 19.6. The van der Waals surface area contributed by atoms with Gasteiger partial charge in [0.2, 0.25) is 0 Å². The molecule has 1 aromatic heterocycles. The summed E-state index contributed by atoms with van der Waals surface area (Å²) in [7, 11) is 7.42. The van der Waals surface area contributed by atoms with Crippen molar-refractivity contribution in [2.75, 3.05) is 41.3 Å². The maximum absolute atomic E-state index is 13.4. The number of nitrogens with zero attached hydrogens (tertiary/aromatic N) is 3. The molecule has 0 aliphatic rings. The third-order valence-corrected chi connectivity index (χ3v) is 5.61. The lowest BCUT2D eigenvalue weighted by atomic mass is 10.1. The van der Waals surface area contributed by atoms with Gasteiger partial charge in [0.15, 0.2) is 0 Å². The van der Waals surface area contributed by atoms with Crippen LogP contribution in [0.4, 0.5) is 9.18 Å². The van der Waals surface area contributed by atoms with Gasteiger partial charge in [0.25, 0.3) is 0 Å². The van der Waals surface area contributed by atoms with Gasteiger partial charge in [0, 0.05) is 31.4 Å². The van der Waals surface area contributed by atoms with Gasteiger partial charge in [-0.05, 0) is 62.8 Å². The average molecular weight is 454 g/mol. The number of carbonyl (C=O) groups excluding carboxylic acids is 1. The highest BCUT2D eigenvalue weighted by molar-refractivity contribution is 5.73. The SMILES string of the molecule is COc1ccc(C(CNC(=O)N(C)CCCc2cc(-c3cccc(F)c3)n[nH]2)N(C)C)cc1. The Morgan fingerprint density at radius 2 is 1.91 bits per heavy atom. The van der Waals surface area contributed by atoms with Gasteiger partial charge in [-0.2, -0.15) is 5.10 Å². The van der Waals surface area contributed by atoms with Crippen LogP contribution in [0.25, 0.3) is 11.3 Å². The van der Waals surface area contributed by atoms with E-state index in [0.717, 1.165) is 35.4 Å². The van der Waals surface area contributed by atoms with E-state index in [0.29, 0.717) is 18.8 Å². The van der Waals surface area contributed by atoms with Crippen molar-refractivity contribution >= 4 is 6.03 Å². The molecule has 0 bridgehead atoms. The Hall–Kier alpha value is -3.39. The minimum atomic E-state index is -0.284. The lowest BCUT2D eigenvalue weighted by Gasteiger charge is -2.26. The summed E-state index contributed by atoms with van der Waals surface area (Å²) in [6, 6.07) is 16.1. The molecular weight excluding hydrogens is 421 g/mol. The number of carbonyl (C=O) groups is 1. The molecule has 3 aromatic rings. The standard InChI is InChI=1S/C25H32FN5O2/c1-30(2)24(18-10-12-22(33-4)13-11-18)17-27-25(32)31(3)14-6-9-21-16-23(29-28-21)19-7-5-8-20(26)15-19/h5,7-8,10-13,15-16,24H,6,9,14,17H2,1-4H3,(H,27,32)(H,28,29). The van der Waals surface area contributed by atoms with Gasteiger partial charge in [-0.3, -0.25) is 5.10 Å². The molecule has 0 saturated carbocycles. The van der Waals surface area contributed by atoms with Crippen molar-refractivity contribution in [1.82, 2.24) is 25.3 Å². The maximum Gasteiger partial charge on any atom is 0.317 e. The average Bonchev–Trinajstić information content (AvgIpc) is 3.28. The molecule has 2 N–H and O–H groups in total. The number of hydrogen-bond donors (Lipinski definition) is 2. The Labute approximate surface area is 194 Å². The van der Waals surface area contributed by atoms with Gasteiger partial charge in [-0.25, -0.2) is 9.18 Å². The maximum atomic E-state index is 13.4. The zero-order chi connectivity index (χ0) is 23.8. The Kier molecular flexibility index (Phi) is 8.43. The molecule has 3 rings (SSSR count). The summed E-state index contributed by atoms with van der Waals surface area (Å²) < 4.78 is 18.6. The summed E-state index contributed by atoms with van der Waals surface area (Å²) in [4.78, 5) is 16.4. The highest BCUT2D eigenvalue weighted by atomic mass is 19.1. The van der Waals surface area contributed by atoms with E-state index in [1.165, 1.54) is 12.1 Å². The van der Waals surface area contributed by atoms with E-state index in [4.69, 9.17) is 4.74 Å². The second-order valence-corrected chi connectivity index (χ2v) is 8.25. The molecule has 0 aliphatic heterocycles. The number of urea groups is 1. The molecule has 0 saturated heterocycles. The molecule has 0 aliphatic carbocycles. The zero-order valence-corrected chi connectivity index (χ0v) is 19.6. The number of benzene rings is 2. The van der Waals surface area contributed by atoms with Crippen molar-refractivity contribution in [2.24, 2.45) is 0 Å². The molecule has 0 spiro atoms. The molecule has 2 aromatic carbocycles. The van der Waals surface area contributed by atoms with Crippen molar-refractivity contribution < 1.29 is 13.9 Å². The van der Waals surface area contributed by atoms with E-state index in [1.54, 1.807) is 25.1 Å². The summed E-state index contributed by atoms with van der Waals surface area (Å²) in [6.45, 7) is 1.11. The number of halogens is 1. The second-order valence-electron chi connectivity index (χ2n) is 8.25. The quantitative estimate of drug-likeness (QED) is 0.485. The number of amides is 2. The van der Waals surface area contributed by atoms with Crippen LogP contribution in [-0.4, -0.2) is 67.4 Å². The van der Waals surface area contributed by atoms with Crippen LogP contribution in [0.1, 0.15) is 23.7 Å². The monoisotopic (exact) mass is 453 g/mol. The Balaban J connectivity index is 1.46. The largest absolute Gasteiger partial charge is 0.497 e. The molecule has 1 heterocycles. The van der Waals surface area contributed by atoms with Crippen LogP contribution >= 0.6 is 0 Å². The van der Waals surface area contributed by atoms with Crippen LogP contribution in [0.3, 0.4) is 0 Å². The van der Waals surface area contributed by atoms with Gasteiger partial charge in [0.1, 0.15) is 11.6 Å². The van der Waals surface area contributed by atoms with Gasteiger partial charge in [-0.1, -0.05) is 24.3 Å². The van der Waals surface area contributed by atoms with Crippen LogP contribution in [0.15, 0.2) is 54.6 Å². The minimum absolute atomic E-state index is 0.0551. The van der Waals surface area contributed by atoms with Gasteiger partial charge < -0.3 is 19.9 Å². The highest BCUT2D eigenvalue weighted by Gasteiger charge is 2.17. The number of hydrogen-bond acceptors (Lipinski definition) is 4. The third kappa shape index (κ3) is 6.79. The van der Waals surface area contributed by atoms with Gasteiger partial charge in [-0.15, -0.1) is 0 Å². The first-order chi connectivity index (χ1) is 15.9. The molecule has 1 atom stereocenters. The van der Waals surface area contributed by atoms with Crippen LogP contribution < -0.4 is 10.1 Å². The number of aryl methyl sites for hydroxylation is 1. The molecule has 7 nitrogen and oxygen atoms in total. The molecular formula is C25H32FN5O2. The molecule has 8 heteroatoms. The lowest BCUT2D eigenvalue weighted by Crippen LogP contribution is -2.41. The molecule has 33 heavy (non-hydrogen) atoms. The summed E-state index contributed by atoms with van der Waals surface area (Å²) in [5, 5.41) is 10.3. The van der Waals surface area contributed by atoms with Crippen molar-refractivity contribution in [3.8, 4) is 17.0 Å².